The summed E-state index contributed by atoms with van der Waals surface area (Å²) in [5, 5.41) is 10.4. The number of ether oxygens (including phenoxy) is 3. The van der Waals surface area contributed by atoms with Crippen LogP contribution in [-0.4, -0.2) is 41.3 Å². The number of hydrogen-bond donors (Lipinski definition) is 2. The lowest BCUT2D eigenvalue weighted by Crippen LogP contribution is -2.33. The Kier molecular flexibility index (Phi) is 10.6. The molecular weight excluding hydrogens is 472 g/mol. The predicted molar refractivity (Wildman–Crippen MR) is 142 cm³/mol. The average Bonchev–Trinajstić information content (AvgIpc) is 2.81. The van der Waals surface area contributed by atoms with Crippen molar-refractivity contribution in [1.82, 2.24) is 4.98 Å². The Labute approximate surface area is 219 Å². The van der Waals surface area contributed by atoms with E-state index in [0.29, 0.717) is 30.8 Å². The molecule has 3 rings (SSSR count). The summed E-state index contributed by atoms with van der Waals surface area (Å²) in [5.41, 5.74) is 8.43. The average molecular weight is 513 g/mol. The molecule has 37 heavy (non-hydrogen) atoms. The molecule has 1 fully saturated rings. The number of aromatic nitrogens is 1. The molecule has 0 unspecified atom stereocenters. The largest absolute Gasteiger partial charge is 0.504 e. The quantitative estimate of drug-likeness (QED) is 0.395. The number of nitrogens with two attached hydrogens (primary N) is 1. The van der Waals surface area contributed by atoms with Gasteiger partial charge in [-0.1, -0.05) is 32.1 Å². The minimum atomic E-state index is -0.428. The van der Waals surface area contributed by atoms with Gasteiger partial charge in [-0.25, -0.2) is 4.98 Å². The number of nitrogen functional groups attached to an aromatic ring is 1. The van der Waals surface area contributed by atoms with Crippen LogP contribution in [0.25, 0.3) is 11.1 Å². The van der Waals surface area contributed by atoms with Crippen LogP contribution in [0.15, 0.2) is 30.5 Å². The van der Waals surface area contributed by atoms with Crippen LogP contribution in [0.5, 0.6) is 11.5 Å². The Balaban J connectivity index is 1.84. The Morgan fingerprint density at radius 1 is 1.05 bits per heavy atom. The van der Waals surface area contributed by atoms with Gasteiger partial charge >= 0.3 is 11.9 Å². The molecule has 1 aliphatic carbocycles. The second-order valence-corrected chi connectivity index (χ2v) is 9.91. The van der Waals surface area contributed by atoms with Crippen molar-refractivity contribution in [3.63, 3.8) is 0 Å². The molecule has 0 amide bonds. The number of anilines is 1. The van der Waals surface area contributed by atoms with Crippen LogP contribution in [0.1, 0.15) is 77.2 Å². The topological polar surface area (TPSA) is 121 Å². The Bertz CT molecular complexity index is 1050. The van der Waals surface area contributed by atoms with Gasteiger partial charge in [0.25, 0.3) is 0 Å². The van der Waals surface area contributed by atoms with E-state index in [0.717, 1.165) is 42.4 Å². The molecule has 8 heteroatoms. The van der Waals surface area contributed by atoms with Crippen LogP contribution in [-0.2, 0) is 25.5 Å². The van der Waals surface area contributed by atoms with E-state index in [1.807, 2.05) is 6.07 Å². The van der Waals surface area contributed by atoms with E-state index in [1.54, 1.807) is 24.4 Å². The van der Waals surface area contributed by atoms with Crippen LogP contribution in [0.4, 0.5) is 5.82 Å². The third-order valence-electron chi connectivity index (χ3n) is 7.05. The van der Waals surface area contributed by atoms with E-state index < -0.39 is 6.10 Å². The summed E-state index contributed by atoms with van der Waals surface area (Å²) in [5.74, 6) is 0.333. The monoisotopic (exact) mass is 512 g/mol. The van der Waals surface area contributed by atoms with E-state index in [-0.39, 0.29) is 29.7 Å². The highest BCUT2D eigenvalue weighted by atomic mass is 16.6. The maximum Gasteiger partial charge on any atom is 0.302 e. The first-order chi connectivity index (χ1) is 17.8. The van der Waals surface area contributed by atoms with Crippen molar-refractivity contribution in [1.29, 1.82) is 0 Å². The smallest absolute Gasteiger partial charge is 0.302 e. The zero-order valence-corrected chi connectivity index (χ0v) is 22.2. The number of methoxy groups -OCH3 is 1. The predicted octanol–water partition coefficient (Wildman–Crippen LogP) is 5.59. The Morgan fingerprint density at radius 2 is 1.73 bits per heavy atom. The lowest BCUT2D eigenvalue weighted by atomic mass is 9.84. The molecule has 0 saturated heterocycles. The van der Waals surface area contributed by atoms with Crippen LogP contribution >= 0.6 is 0 Å². The number of phenols is 1. The van der Waals surface area contributed by atoms with E-state index >= 15 is 0 Å². The van der Waals surface area contributed by atoms with Crippen molar-refractivity contribution < 1.29 is 28.9 Å². The standard InChI is InChI=1S/C29H40N2O6/c1-19(32)36-24(17-27(37-20(2)33)21-9-7-5-4-6-8-10-21)12-11-22-15-28(35-3)26(34)18-25(22)23-13-14-31-29(30)16-23/h13-16,18,21,24,27,34H,4-12,17H2,1-3H3,(H2,30,31)/t24-,27-/m1/s1. The second-order valence-electron chi connectivity index (χ2n) is 9.91. The third-order valence-corrected chi connectivity index (χ3v) is 7.05. The fourth-order valence-corrected chi connectivity index (χ4v) is 5.31. The first-order valence-corrected chi connectivity index (χ1v) is 13.2. The van der Waals surface area contributed by atoms with Gasteiger partial charge in [0.2, 0.25) is 0 Å². The van der Waals surface area contributed by atoms with Crippen molar-refractivity contribution in [3.05, 3.63) is 36.0 Å². The number of benzene rings is 1. The first kappa shape index (κ1) is 28.3. The normalized spacial score (nSPS) is 16.2. The third kappa shape index (κ3) is 8.65. The summed E-state index contributed by atoms with van der Waals surface area (Å²) in [4.78, 5) is 28.1. The van der Waals surface area contributed by atoms with Gasteiger partial charge in [0.1, 0.15) is 18.0 Å². The molecule has 2 atom stereocenters. The van der Waals surface area contributed by atoms with Crippen molar-refractivity contribution in [2.45, 2.75) is 90.3 Å². The molecule has 1 aromatic carbocycles. The van der Waals surface area contributed by atoms with E-state index in [4.69, 9.17) is 19.9 Å². The van der Waals surface area contributed by atoms with Crippen molar-refractivity contribution in [2.24, 2.45) is 5.92 Å². The number of phenolic OH excluding ortho intramolecular Hbond substituents is 1. The number of esters is 2. The number of rotatable bonds is 10. The van der Waals surface area contributed by atoms with Gasteiger partial charge in [-0.2, -0.15) is 0 Å². The van der Waals surface area contributed by atoms with Crippen molar-refractivity contribution in [3.8, 4) is 22.6 Å². The van der Waals surface area contributed by atoms with Crippen LogP contribution in [0, 0.1) is 5.92 Å². The number of aryl methyl sites for hydroxylation is 1. The van der Waals surface area contributed by atoms with Gasteiger partial charge in [-0.15, -0.1) is 0 Å². The molecule has 0 spiro atoms. The number of pyridine rings is 1. The molecule has 2 aromatic rings. The number of nitrogens with zero attached hydrogens (tertiary/aromatic N) is 1. The van der Waals surface area contributed by atoms with Crippen LogP contribution in [0.3, 0.4) is 0 Å². The summed E-state index contributed by atoms with van der Waals surface area (Å²) in [6.45, 7) is 2.84. The van der Waals surface area contributed by atoms with Crippen molar-refractivity contribution in [2.75, 3.05) is 12.8 Å². The second kappa shape index (κ2) is 13.9. The molecule has 8 nitrogen and oxygen atoms in total. The van der Waals surface area contributed by atoms with Gasteiger partial charge in [0.15, 0.2) is 11.5 Å². The lowest BCUT2D eigenvalue weighted by molar-refractivity contribution is -0.156. The summed E-state index contributed by atoms with van der Waals surface area (Å²) in [6.07, 6.45) is 10.3. The Morgan fingerprint density at radius 3 is 2.35 bits per heavy atom. The minimum absolute atomic E-state index is 0.0207. The molecule has 3 N–H and O–H groups in total. The molecular formula is C29H40N2O6. The molecule has 1 aliphatic rings. The minimum Gasteiger partial charge on any atom is -0.504 e. The summed E-state index contributed by atoms with van der Waals surface area (Å²) < 4.78 is 16.9. The number of carbonyl (C=O) groups is 2. The van der Waals surface area contributed by atoms with Gasteiger partial charge < -0.3 is 25.1 Å². The molecule has 1 saturated carbocycles. The molecule has 1 heterocycles. The summed E-state index contributed by atoms with van der Waals surface area (Å²) >= 11 is 0. The molecule has 0 bridgehead atoms. The lowest BCUT2D eigenvalue weighted by Gasteiger charge is -2.31. The molecule has 202 valence electrons. The van der Waals surface area contributed by atoms with Gasteiger partial charge in [-0.05, 0) is 72.6 Å². The zero-order chi connectivity index (χ0) is 26.8. The maximum atomic E-state index is 12.0. The van der Waals surface area contributed by atoms with Gasteiger partial charge in [-0.3, -0.25) is 9.59 Å². The highest BCUT2D eigenvalue weighted by Crippen LogP contribution is 2.37. The fourth-order valence-electron chi connectivity index (χ4n) is 5.31. The van der Waals surface area contributed by atoms with E-state index in [9.17, 15) is 14.7 Å². The van der Waals surface area contributed by atoms with Gasteiger partial charge in [0, 0.05) is 26.5 Å². The van der Waals surface area contributed by atoms with Crippen LogP contribution in [0.2, 0.25) is 0 Å². The summed E-state index contributed by atoms with van der Waals surface area (Å²) in [7, 11) is 1.50. The number of carbonyl (C=O) groups excluding carboxylic acids is 2. The van der Waals surface area contributed by atoms with E-state index in [1.165, 1.54) is 40.2 Å². The van der Waals surface area contributed by atoms with Crippen molar-refractivity contribution >= 4 is 17.8 Å². The van der Waals surface area contributed by atoms with Crippen LogP contribution < -0.4 is 10.5 Å². The molecule has 0 aliphatic heterocycles. The molecule has 0 radical (unpaired) electrons. The number of hydrogen-bond acceptors (Lipinski definition) is 8. The highest BCUT2D eigenvalue weighted by Gasteiger charge is 2.29. The summed E-state index contributed by atoms with van der Waals surface area (Å²) in [6, 6.07) is 7.03. The van der Waals surface area contributed by atoms with E-state index in [2.05, 4.69) is 4.98 Å². The van der Waals surface area contributed by atoms with Gasteiger partial charge in [0.05, 0.1) is 7.11 Å². The fraction of sp³-hybridized carbons (Fsp3) is 0.552. The maximum absolute atomic E-state index is 12.0. The number of aromatic hydroxyl groups is 1. The highest BCUT2D eigenvalue weighted by molar-refractivity contribution is 5.72. The first-order valence-electron chi connectivity index (χ1n) is 13.2. The molecule has 1 aromatic heterocycles. The SMILES string of the molecule is COc1cc(CC[C@H](C[C@@H](OC(C)=O)C2CCCCCCC2)OC(C)=O)c(-c2ccnc(N)c2)cc1O. The Hall–Kier alpha value is -3.29. The zero-order valence-electron chi connectivity index (χ0n) is 22.2.